The molecule has 1 saturated carbocycles. The van der Waals surface area contributed by atoms with Gasteiger partial charge in [-0.2, -0.15) is 0 Å². The molecule has 6 rings (SSSR count). The van der Waals surface area contributed by atoms with Crippen molar-refractivity contribution in [2.45, 2.75) is 31.0 Å². The van der Waals surface area contributed by atoms with E-state index in [2.05, 4.69) is 10.6 Å². The summed E-state index contributed by atoms with van der Waals surface area (Å²) in [5, 5.41) is 51.3. The van der Waals surface area contributed by atoms with Crippen molar-refractivity contribution in [2.24, 2.45) is 17.6 Å². The van der Waals surface area contributed by atoms with Crippen molar-refractivity contribution in [3.05, 3.63) is 57.9 Å². The van der Waals surface area contributed by atoms with E-state index in [9.17, 15) is 39.6 Å². The van der Waals surface area contributed by atoms with Gasteiger partial charge in [0.2, 0.25) is 12.6 Å². The Bertz CT molecular complexity index is 1820. The highest BCUT2D eigenvalue weighted by molar-refractivity contribution is 6.24. The third-order valence-corrected chi connectivity index (χ3v) is 9.33. The first-order valence-electron chi connectivity index (χ1n) is 14.8. The van der Waals surface area contributed by atoms with E-state index < -0.39 is 69.8 Å². The number of aromatic hydroxyl groups is 1. The molecule has 3 amide bonds. The van der Waals surface area contributed by atoms with Crippen molar-refractivity contribution in [2.75, 3.05) is 45.2 Å². The van der Waals surface area contributed by atoms with Crippen molar-refractivity contribution in [1.29, 1.82) is 0 Å². The summed E-state index contributed by atoms with van der Waals surface area (Å²) in [7, 11) is 6.60. The first-order chi connectivity index (χ1) is 22.2. The summed E-state index contributed by atoms with van der Waals surface area (Å²) in [5.41, 5.74) is 3.20. The molecule has 248 valence electrons. The topological polar surface area (TPSA) is 224 Å². The van der Waals surface area contributed by atoms with E-state index in [1.165, 1.54) is 4.90 Å². The van der Waals surface area contributed by atoms with Crippen LogP contribution >= 0.6 is 0 Å². The Labute approximate surface area is 268 Å². The zero-order valence-electron chi connectivity index (χ0n) is 26.1. The summed E-state index contributed by atoms with van der Waals surface area (Å²) in [4.78, 5) is 55.6. The summed E-state index contributed by atoms with van der Waals surface area (Å²) >= 11 is 0. The maximum atomic E-state index is 14.1. The number of Topliss-reactive ketones (excluding diaryl/α,β-unsaturated/α-hetero) is 2. The Balaban J connectivity index is 1.37. The first-order valence-corrected chi connectivity index (χ1v) is 14.8. The normalized spacial score (nSPS) is 24.5. The molecule has 2 aromatic rings. The minimum absolute atomic E-state index is 0.0251. The molecule has 47 heavy (non-hydrogen) atoms. The second kappa shape index (κ2) is 11.2. The molecule has 15 nitrogen and oxygen atoms in total. The van der Waals surface area contributed by atoms with E-state index in [0.29, 0.717) is 28.4 Å². The number of fused-ring (bicyclic) bond motifs is 4. The number of nitrogens with zero attached hydrogens (tertiary/aromatic N) is 2. The summed E-state index contributed by atoms with van der Waals surface area (Å²) in [6, 6.07) is 4.78. The van der Waals surface area contributed by atoms with Crippen molar-refractivity contribution in [3.8, 4) is 17.2 Å². The molecule has 1 aliphatic heterocycles. The fraction of sp³-hybridized carbons (Fsp3) is 0.375. The fourth-order valence-corrected chi connectivity index (χ4v) is 7.20. The number of carbonyl (C=O) groups excluding carboxylic acids is 4. The number of phenols is 1. The maximum absolute atomic E-state index is 14.1. The first kappa shape index (κ1) is 31.7. The number of ether oxygens (including phenoxy) is 2. The number of aliphatic hydroxyl groups excluding tert-OH is 2. The van der Waals surface area contributed by atoms with Crippen LogP contribution in [0.1, 0.15) is 23.1 Å². The average Bonchev–Trinajstić information content (AvgIpc) is 3.46. The van der Waals surface area contributed by atoms with Gasteiger partial charge < -0.3 is 51.2 Å². The number of urea groups is 1. The van der Waals surface area contributed by atoms with Crippen LogP contribution in [0.15, 0.2) is 41.2 Å². The number of hydrogen-bond acceptors (Lipinski definition) is 12. The lowest BCUT2D eigenvalue weighted by atomic mass is 9.57. The average molecular weight is 650 g/mol. The molecule has 0 saturated heterocycles. The highest BCUT2D eigenvalue weighted by Gasteiger charge is 2.64. The Morgan fingerprint density at radius 2 is 1.77 bits per heavy atom. The van der Waals surface area contributed by atoms with E-state index >= 15 is 0 Å². The van der Waals surface area contributed by atoms with Crippen LogP contribution in [0.4, 0.5) is 16.2 Å². The lowest BCUT2D eigenvalue weighted by molar-refractivity contribution is -0.153. The Morgan fingerprint density at radius 3 is 2.43 bits per heavy atom. The van der Waals surface area contributed by atoms with Crippen LogP contribution in [0.5, 0.6) is 17.2 Å². The molecule has 1 fully saturated rings. The lowest BCUT2D eigenvalue weighted by Crippen LogP contribution is -2.65. The van der Waals surface area contributed by atoms with Gasteiger partial charge in [-0.15, -0.1) is 0 Å². The number of aliphatic hydroxyl groups is 3. The second-order valence-corrected chi connectivity index (χ2v) is 12.5. The quantitative estimate of drug-likeness (QED) is 0.218. The number of rotatable bonds is 6. The number of ketones is 2. The molecule has 15 heteroatoms. The number of primary amides is 1. The van der Waals surface area contributed by atoms with Crippen LogP contribution in [0.3, 0.4) is 0 Å². The van der Waals surface area contributed by atoms with Crippen LogP contribution in [0.25, 0.3) is 5.76 Å². The van der Waals surface area contributed by atoms with Gasteiger partial charge >= 0.3 is 6.03 Å². The zero-order valence-corrected chi connectivity index (χ0v) is 26.1. The molecule has 0 bridgehead atoms. The van der Waals surface area contributed by atoms with Gasteiger partial charge in [-0.3, -0.25) is 19.3 Å². The summed E-state index contributed by atoms with van der Waals surface area (Å²) in [6.45, 7) is -0.102. The summed E-state index contributed by atoms with van der Waals surface area (Å²) in [5.74, 6) is -6.26. The van der Waals surface area contributed by atoms with Crippen LogP contribution in [0.2, 0.25) is 0 Å². The summed E-state index contributed by atoms with van der Waals surface area (Å²) in [6.07, 6.45) is 0.108. The third-order valence-electron chi connectivity index (χ3n) is 9.33. The number of nitrogens with two attached hydrogens (primary N) is 1. The summed E-state index contributed by atoms with van der Waals surface area (Å²) < 4.78 is 10.6. The number of phenolic OH excluding ortho intramolecular Hbond substituents is 1. The number of likely N-dealkylation sites (N-methyl/N-ethyl adjacent to an activating group) is 1. The second-order valence-electron chi connectivity index (χ2n) is 12.5. The molecule has 4 atom stereocenters. The number of carbonyl (C=O) groups is 4. The van der Waals surface area contributed by atoms with Gasteiger partial charge in [0.15, 0.2) is 22.9 Å². The molecule has 2 aromatic carbocycles. The Hall–Kier alpha value is -5.28. The van der Waals surface area contributed by atoms with E-state index in [0.717, 1.165) is 0 Å². The molecule has 0 unspecified atom stereocenters. The molecule has 4 aliphatic rings. The molecule has 0 aromatic heterocycles. The molecular weight excluding hydrogens is 614 g/mol. The molecule has 1 heterocycles. The number of nitrogens with one attached hydrogen (secondary N) is 2. The van der Waals surface area contributed by atoms with Gasteiger partial charge in [-0.05, 0) is 56.6 Å². The fourth-order valence-electron chi connectivity index (χ4n) is 7.20. The molecule has 8 N–H and O–H groups in total. The van der Waals surface area contributed by atoms with Crippen molar-refractivity contribution in [3.63, 3.8) is 0 Å². The predicted octanol–water partition coefficient (Wildman–Crippen LogP) is 1.08. The van der Waals surface area contributed by atoms with Gasteiger partial charge in [0, 0.05) is 55.1 Å². The minimum atomic E-state index is -2.74. The van der Waals surface area contributed by atoms with Crippen molar-refractivity contribution >= 4 is 40.6 Å². The predicted molar refractivity (Wildman–Crippen MR) is 167 cm³/mol. The van der Waals surface area contributed by atoms with Gasteiger partial charge in [0.1, 0.15) is 22.8 Å². The third kappa shape index (κ3) is 4.80. The van der Waals surface area contributed by atoms with Crippen LogP contribution in [-0.2, 0) is 27.3 Å². The van der Waals surface area contributed by atoms with Crippen molar-refractivity contribution < 1.29 is 49.1 Å². The van der Waals surface area contributed by atoms with Crippen LogP contribution in [0, 0.1) is 11.8 Å². The van der Waals surface area contributed by atoms with Crippen LogP contribution < -0.4 is 30.7 Å². The Kier molecular flexibility index (Phi) is 7.56. The van der Waals surface area contributed by atoms with E-state index in [4.69, 9.17) is 15.2 Å². The van der Waals surface area contributed by atoms with E-state index in [-0.39, 0.29) is 42.9 Å². The molecule has 0 spiro atoms. The van der Waals surface area contributed by atoms with Gasteiger partial charge in [0.05, 0.1) is 11.6 Å². The lowest BCUT2D eigenvalue weighted by Gasteiger charge is -2.50. The number of amides is 3. The van der Waals surface area contributed by atoms with E-state index in [1.54, 1.807) is 57.4 Å². The largest absolute Gasteiger partial charge is 0.508 e. The molecular formula is C32H35N5O10. The minimum Gasteiger partial charge on any atom is -0.508 e. The Morgan fingerprint density at radius 1 is 1.06 bits per heavy atom. The highest BCUT2D eigenvalue weighted by atomic mass is 16.7. The smallest absolute Gasteiger partial charge is 0.319 e. The monoisotopic (exact) mass is 649 g/mol. The number of anilines is 2. The number of hydrogen-bond donors (Lipinski definition) is 7. The molecule has 3 aliphatic carbocycles. The number of benzene rings is 2. The zero-order chi connectivity index (χ0) is 34.1. The van der Waals surface area contributed by atoms with Gasteiger partial charge in [-0.1, -0.05) is 0 Å². The van der Waals surface area contributed by atoms with E-state index in [1.807, 2.05) is 0 Å². The van der Waals surface area contributed by atoms with Crippen molar-refractivity contribution in [1.82, 2.24) is 10.2 Å². The molecule has 0 radical (unpaired) electrons. The SMILES string of the molecule is CN(C)c1cc(CNC(=O)Nc2ccc3c(c2)OCO3)c(O)c2c1C[C@H]1C[C@H]3[C@H](N(C)C)C(=O)C(C(N)=O)=C(O)[C@@]3(O)C(=O)C1=C2O. The highest BCUT2D eigenvalue weighted by Crippen LogP contribution is 2.54. The van der Waals surface area contributed by atoms with Crippen LogP contribution in [-0.4, -0.2) is 95.5 Å². The maximum Gasteiger partial charge on any atom is 0.319 e. The van der Waals surface area contributed by atoms with Gasteiger partial charge in [0.25, 0.3) is 5.91 Å². The standard InChI is InChI=1S/C32H35N5O10/c1-36(2)18-9-14(11-34-31(44)35-15-5-6-19-20(10-15)47-12-46-19)25(38)22-16(18)7-13-8-17-24(37(3)4)27(40)23(30(33)43)29(42)32(17,45)28(41)21(13)26(22)39/h5-6,9-10,13,17,24,38-39,42,45H,7-8,11-12H2,1-4H3,(H2,33,43)(H2,34,35,44)/t13-,17-,24-,32-/m0/s1. The van der Waals surface area contributed by atoms with Gasteiger partial charge in [-0.25, -0.2) is 4.79 Å².